The summed E-state index contributed by atoms with van der Waals surface area (Å²) in [4.78, 5) is 25.6. The monoisotopic (exact) mass is 334 g/mol. The van der Waals surface area contributed by atoms with Gasteiger partial charge in [0.2, 0.25) is 5.91 Å². The maximum absolute atomic E-state index is 13.2. The number of carbonyl (C=O) groups is 2. The van der Waals surface area contributed by atoms with Crippen LogP contribution in [-0.4, -0.2) is 24.4 Å². The van der Waals surface area contributed by atoms with E-state index in [0.717, 1.165) is 12.1 Å². The number of benzene rings is 2. The normalized spacial score (nSPS) is 17.2. The second-order valence-corrected chi connectivity index (χ2v) is 5.48. The molecule has 4 nitrogen and oxygen atoms in total. The summed E-state index contributed by atoms with van der Waals surface area (Å²) in [5, 5.41) is 2.62. The van der Waals surface area contributed by atoms with Crippen molar-refractivity contribution in [1.82, 2.24) is 5.32 Å². The molecule has 2 amide bonds. The first-order valence-corrected chi connectivity index (χ1v) is 7.26. The lowest BCUT2D eigenvalue weighted by molar-refractivity contribution is -0.117. The highest BCUT2D eigenvalue weighted by Gasteiger charge is 2.31. The molecular formula is C17H13F3N2O2. The van der Waals surface area contributed by atoms with Gasteiger partial charge in [-0.1, -0.05) is 0 Å². The van der Waals surface area contributed by atoms with Crippen molar-refractivity contribution in [3.8, 4) is 0 Å². The van der Waals surface area contributed by atoms with Crippen LogP contribution in [0.2, 0.25) is 0 Å². The molecule has 1 heterocycles. The van der Waals surface area contributed by atoms with Crippen LogP contribution >= 0.6 is 0 Å². The van der Waals surface area contributed by atoms with Crippen molar-refractivity contribution in [3.63, 3.8) is 0 Å². The molecular weight excluding hydrogens is 321 g/mol. The van der Waals surface area contributed by atoms with Crippen LogP contribution in [0.1, 0.15) is 16.8 Å². The zero-order valence-corrected chi connectivity index (χ0v) is 12.4. The molecule has 0 saturated carbocycles. The number of amides is 2. The quantitative estimate of drug-likeness (QED) is 0.938. The number of rotatable bonds is 3. The van der Waals surface area contributed by atoms with Gasteiger partial charge in [-0.05, 0) is 42.5 Å². The van der Waals surface area contributed by atoms with Gasteiger partial charge in [0.1, 0.15) is 5.82 Å². The van der Waals surface area contributed by atoms with E-state index in [9.17, 15) is 22.8 Å². The molecule has 1 atom stereocenters. The van der Waals surface area contributed by atoms with E-state index in [0.29, 0.717) is 5.69 Å². The van der Waals surface area contributed by atoms with E-state index in [2.05, 4.69) is 5.32 Å². The van der Waals surface area contributed by atoms with E-state index in [1.165, 1.54) is 35.2 Å². The molecule has 0 aliphatic carbocycles. The Morgan fingerprint density at radius 3 is 2.42 bits per heavy atom. The van der Waals surface area contributed by atoms with Crippen LogP contribution in [-0.2, 0) is 4.79 Å². The topological polar surface area (TPSA) is 49.4 Å². The van der Waals surface area contributed by atoms with Crippen molar-refractivity contribution in [2.45, 2.75) is 12.5 Å². The standard InChI is InChI=1S/C17H13F3N2O2/c18-11-2-4-13(5-3-11)22-9-12(8-16(22)23)21-17(24)10-1-6-14(19)15(20)7-10/h1-7,12H,8-9H2,(H,21,24). The third-order valence-corrected chi connectivity index (χ3v) is 3.78. The zero-order chi connectivity index (χ0) is 17.3. The van der Waals surface area contributed by atoms with E-state index in [-0.39, 0.29) is 24.4 Å². The van der Waals surface area contributed by atoms with E-state index >= 15 is 0 Å². The van der Waals surface area contributed by atoms with Crippen molar-refractivity contribution in [3.05, 3.63) is 65.5 Å². The van der Waals surface area contributed by atoms with Gasteiger partial charge in [-0.3, -0.25) is 9.59 Å². The second kappa shape index (κ2) is 6.35. The summed E-state index contributed by atoms with van der Waals surface area (Å²) in [5.41, 5.74) is 0.507. The SMILES string of the molecule is O=C(NC1CC(=O)N(c2ccc(F)cc2)C1)c1ccc(F)c(F)c1. The predicted molar refractivity (Wildman–Crippen MR) is 81.0 cm³/mol. The summed E-state index contributed by atoms with van der Waals surface area (Å²) >= 11 is 0. The lowest BCUT2D eigenvalue weighted by Crippen LogP contribution is -2.37. The molecule has 1 aliphatic rings. The van der Waals surface area contributed by atoms with Crippen molar-refractivity contribution < 1.29 is 22.8 Å². The Morgan fingerprint density at radius 2 is 1.75 bits per heavy atom. The predicted octanol–water partition coefficient (Wildman–Crippen LogP) is 2.64. The van der Waals surface area contributed by atoms with Crippen molar-refractivity contribution in [2.75, 3.05) is 11.4 Å². The molecule has 0 aromatic heterocycles. The Bertz CT molecular complexity index is 793. The average Bonchev–Trinajstić information content (AvgIpc) is 2.91. The van der Waals surface area contributed by atoms with Gasteiger partial charge in [0.15, 0.2) is 11.6 Å². The fraction of sp³-hybridized carbons (Fsp3) is 0.176. The number of halogens is 3. The van der Waals surface area contributed by atoms with Crippen molar-refractivity contribution in [1.29, 1.82) is 0 Å². The average molecular weight is 334 g/mol. The number of anilines is 1. The molecule has 1 fully saturated rings. The Morgan fingerprint density at radius 1 is 1.04 bits per heavy atom. The van der Waals surface area contributed by atoms with Crippen LogP contribution in [0, 0.1) is 17.5 Å². The fourth-order valence-electron chi connectivity index (χ4n) is 2.58. The zero-order valence-electron chi connectivity index (χ0n) is 12.4. The van der Waals surface area contributed by atoms with Crippen LogP contribution < -0.4 is 10.2 Å². The van der Waals surface area contributed by atoms with Crippen LogP contribution in [0.3, 0.4) is 0 Å². The van der Waals surface area contributed by atoms with Gasteiger partial charge in [-0.25, -0.2) is 13.2 Å². The molecule has 24 heavy (non-hydrogen) atoms. The number of carbonyl (C=O) groups excluding carboxylic acids is 2. The number of nitrogens with zero attached hydrogens (tertiary/aromatic N) is 1. The third kappa shape index (κ3) is 3.24. The maximum atomic E-state index is 13.2. The second-order valence-electron chi connectivity index (χ2n) is 5.48. The van der Waals surface area contributed by atoms with Gasteiger partial charge in [0.25, 0.3) is 5.91 Å². The van der Waals surface area contributed by atoms with Gasteiger partial charge in [0, 0.05) is 24.2 Å². The van der Waals surface area contributed by atoms with E-state index in [4.69, 9.17) is 0 Å². The molecule has 2 aromatic carbocycles. The van der Waals surface area contributed by atoms with E-state index in [1.54, 1.807) is 0 Å². The largest absolute Gasteiger partial charge is 0.347 e. The van der Waals surface area contributed by atoms with Crippen molar-refractivity contribution >= 4 is 17.5 Å². The van der Waals surface area contributed by atoms with Gasteiger partial charge in [-0.2, -0.15) is 0 Å². The summed E-state index contributed by atoms with van der Waals surface area (Å²) in [6.07, 6.45) is 0.0762. The van der Waals surface area contributed by atoms with Gasteiger partial charge in [-0.15, -0.1) is 0 Å². The molecule has 2 aromatic rings. The maximum Gasteiger partial charge on any atom is 0.251 e. The molecule has 1 N–H and O–H groups in total. The minimum absolute atomic E-state index is 0.0263. The minimum Gasteiger partial charge on any atom is -0.347 e. The first kappa shape index (κ1) is 16.0. The van der Waals surface area contributed by atoms with Gasteiger partial charge in [0.05, 0.1) is 6.04 Å². The van der Waals surface area contributed by atoms with Crippen LogP contribution in [0.5, 0.6) is 0 Å². The highest BCUT2D eigenvalue weighted by molar-refractivity contribution is 5.98. The molecule has 0 radical (unpaired) electrons. The molecule has 1 aliphatic heterocycles. The summed E-state index contributed by atoms with van der Waals surface area (Å²) < 4.78 is 39.0. The molecule has 124 valence electrons. The first-order valence-electron chi connectivity index (χ1n) is 7.26. The fourth-order valence-corrected chi connectivity index (χ4v) is 2.58. The van der Waals surface area contributed by atoms with Gasteiger partial charge >= 0.3 is 0 Å². The van der Waals surface area contributed by atoms with E-state index in [1.807, 2.05) is 0 Å². The third-order valence-electron chi connectivity index (χ3n) is 3.78. The summed E-state index contributed by atoms with van der Waals surface area (Å²) in [7, 11) is 0. The lowest BCUT2D eigenvalue weighted by atomic mass is 10.1. The summed E-state index contributed by atoms with van der Waals surface area (Å²) in [6.45, 7) is 0.222. The number of nitrogens with one attached hydrogen (secondary N) is 1. The number of hydrogen-bond donors (Lipinski definition) is 1. The van der Waals surface area contributed by atoms with Crippen LogP contribution in [0.4, 0.5) is 18.9 Å². The Hall–Kier alpha value is -2.83. The Balaban J connectivity index is 1.68. The van der Waals surface area contributed by atoms with Gasteiger partial charge < -0.3 is 10.2 Å². The Kier molecular flexibility index (Phi) is 4.24. The first-order chi connectivity index (χ1) is 11.4. The molecule has 1 unspecified atom stereocenters. The molecule has 7 heteroatoms. The Labute approximate surface area is 135 Å². The van der Waals surface area contributed by atoms with E-state index < -0.39 is 29.4 Å². The summed E-state index contributed by atoms with van der Waals surface area (Å²) in [5.74, 6) is -3.36. The lowest BCUT2D eigenvalue weighted by Gasteiger charge is -2.17. The minimum atomic E-state index is -1.11. The molecule has 0 bridgehead atoms. The van der Waals surface area contributed by atoms with Crippen LogP contribution in [0.25, 0.3) is 0 Å². The van der Waals surface area contributed by atoms with Crippen molar-refractivity contribution in [2.24, 2.45) is 0 Å². The highest BCUT2D eigenvalue weighted by Crippen LogP contribution is 2.22. The smallest absolute Gasteiger partial charge is 0.251 e. The summed E-state index contributed by atoms with van der Waals surface area (Å²) in [6, 6.07) is 7.82. The number of hydrogen-bond acceptors (Lipinski definition) is 2. The highest BCUT2D eigenvalue weighted by atomic mass is 19.2. The molecule has 3 rings (SSSR count). The molecule has 1 saturated heterocycles. The molecule has 0 spiro atoms. The van der Waals surface area contributed by atoms with Crippen LogP contribution in [0.15, 0.2) is 42.5 Å².